The molecule has 0 aliphatic carbocycles. The summed E-state index contributed by atoms with van der Waals surface area (Å²) in [6.07, 6.45) is -0.0900. The number of carbonyl (C=O) groups is 1. The lowest BCUT2D eigenvalue weighted by Crippen LogP contribution is -2.30. The molecule has 0 aliphatic heterocycles. The van der Waals surface area contributed by atoms with Gasteiger partial charge in [-0.15, -0.1) is 0 Å². The molecule has 0 bridgehead atoms. The van der Waals surface area contributed by atoms with Crippen molar-refractivity contribution in [3.8, 4) is 0 Å². The van der Waals surface area contributed by atoms with E-state index in [2.05, 4.69) is 4.72 Å². The van der Waals surface area contributed by atoms with Gasteiger partial charge >= 0.3 is 5.97 Å². The van der Waals surface area contributed by atoms with Crippen molar-refractivity contribution < 1.29 is 17.9 Å². The largest absolute Gasteiger partial charge is 0.469 e. The fourth-order valence-corrected chi connectivity index (χ4v) is 4.01. The van der Waals surface area contributed by atoms with Gasteiger partial charge < -0.3 is 4.74 Å². The molecule has 134 valence electrons. The molecule has 0 aliphatic rings. The molecule has 0 radical (unpaired) electrons. The Bertz CT molecular complexity index is 1020. The number of sulfonamides is 1. The smallest absolute Gasteiger partial charge is 0.307 e. The highest BCUT2D eigenvalue weighted by molar-refractivity contribution is 7.89. The van der Waals surface area contributed by atoms with Crippen molar-refractivity contribution >= 4 is 26.8 Å². The van der Waals surface area contributed by atoms with Gasteiger partial charge in [-0.1, -0.05) is 60.7 Å². The molecule has 3 aromatic carbocycles. The number of carbonyl (C=O) groups excluding carboxylic acids is 1. The second-order valence-electron chi connectivity index (χ2n) is 5.87. The van der Waals surface area contributed by atoms with E-state index in [1.807, 2.05) is 30.3 Å². The van der Waals surface area contributed by atoms with Gasteiger partial charge in [-0.25, -0.2) is 13.1 Å². The first-order valence-corrected chi connectivity index (χ1v) is 9.61. The van der Waals surface area contributed by atoms with Gasteiger partial charge in [0.15, 0.2) is 0 Å². The Labute approximate surface area is 152 Å². The highest BCUT2D eigenvalue weighted by Gasteiger charge is 2.24. The second-order valence-corrected chi connectivity index (χ2v) is 7.59. The van der Waals surface area contributed by atoms with Gasteiger partial charge in [0.1, 0.15) is 0 Å². The standard InChI is InChI=1S/C20H19NO4S/c1-25-20(22)14-19(16-8-3-2-4-9-16)21-26(23,24)18-12-11-15-7-5-6-10-17(15)13-18/h2-13,19,21H,14H2,1H3/t19-/m1/s1. The van der Waals surface area contributed by atoms with Gasteiger partial charge in [0.05, 0.1) is 24.5 Å². The molecule has 1 atom stereocenters. The summed E-state index contributed by atoms with van der Waals surface area (Å²) in [6.45, 7) is 0. The topological polar surface area (TPSA) is 72.5 Å². The van der Waals surface area contributed by atoms with Crippen molar-refractivity contribution in [3.63, 3.8) is 0 Å². The van der Waals surface area contributed by atoms with Crippen LogP contribution in [-0.4, -0.2) is 21.5 Å². The van der Waals surface area contributed by atoms with Crippen LogP contribution in [0.3, 0.4) is 0 Å². The third-order valence-electron chi connectivity index (χ3n) is 4.13. The third kappa shape index (κ3) is 4.09. The second kappa shape index (κ2) is 7.68. The van der Waals surface area contributed by atoms with Crippen LogP contribution in [0.15, 0.2) is 77.7 Å². The zero-order valence-corrected chi connectivity index (χ0v) is 15.1. The van der Waals surface area contributed by atoms with Crippen LogP contribution in [0.25, 0.3) is 10.8 Å². The minimum Gasteiger partial charge on any atom is -0.469 e. The lowest BCUT2D eigenvalue weighted by molar-refractivity contribution is -0.141. The average Bonchev–Trinajstić information content (AvgIpc) is 2.67. The average molecular weight is 369 g/mol. The van der Waals surface area contributed by atoms with E-state index in [9.17, 15) is 13.2 Å². The van der Waals surface area contributed by atoms with E-state index in [0.717, 1.165) is 10.8 Å². The highest BCUT2D eigenvalue weighted by atomic mass is 32.2. The fraction of sp³-hybridized carbons (Fsp3) is 0.150. The Hall–Kier alpha value is -2.70. The Kier molecular flexibility index (Phi) is 5.35. The van der Waals surface area contributed by atoms with Crippen molar-refractivity contribution in [2.75, 3.05) is 7.11 Å². The fourth-order valence-electron chi connectivity index (χ4n) is 2.75. The number of esters is 1. The van der Waals surface area contributed by atoms with Crippen molar-refractivity contribution in [1.29, 1.82) is 0 Å². The van der Waals surface area contributed by atoms with E-state index in [0.29, 0.717) is 5.56 Å². The van der Waals surface area contributed by atoms with Crippen LogP contribution in [-0.2, 0) is 19.6 Å². The van der Waals surface area contributed by atoms with Crippen LogP contribution >= 0.6 is 0 Å². The van der Waals surface area contributed by atoms with Crippen LogP contribution in [0.1, 0.15) is 18.0 Å². The number of methoxy groups -OCH3 is 1. The number of hydrogen-bond acceptors (Lipinski definition) is 4. The van der Waals surface area contributed by atoms with Crippen molar-refractivity contribution in [1.82, 2.24) is 4.72 Å². The number of fused-ring (bicyclic) bond motifs is 1. The molecule has 0 saturated heterocycles. The van der Waals surface area contributed by atoms with Gasteiger partial charge in [-0.3, -0.25) is 4.79 Å². The first-order valence-electron chi connectivity index (χ1n) is 8.12. The maximum absolute atomic E-state index is 12.9. The minimum atomic E-state index is -3.81. The number of hydrogen-bond donors (Lipinski definition) is 1. The van der Waals surface area contributed by atoms with Gasteiger partial charge in [-0.2, -0.15) is 0 Å². The third-order valence-corrected chi connectivity index (χ3v) is 5.60. The summed E-state index contributed by atoms with van der Waals surface area (Å²) in [5, 5.41) is 1.79. The van der Waals surface area contributed by atoms with E-state index >= 15 is 0 Å². The molecule has 5 nitrogen and oxygen atoms in total. The molecular weight excluding hydrogens is 350 g/mol. The summed E-state index contributed by atoms with van der Waals surface area (Å²) in [7, 11) is -2.53. The summed E-state index contributed by atoms with van der Waals surface area (Å²) in [6, 6.07) is 20.7. The first kappa shape index (κ1) is 18.1. The van der Waals surface area contributed by atoms with Crippen molar-refractivity contribution in [2.45, 2.75) is 17.4 Å². The number of nitrogens with one attached hydrogen (secondary N) is 1. The molecule has 0 aromatic heterocycles. The van der Waals surface area contributed by atoms with Crippen molar-refractivity contribution in [2.24, 2.45) is 0 Å². The lowest BCUT2D eigenvalue weighted by Gasteiger charge is -2.18. The molecule has 0 amide bonds. The van der Waals surface area contributed by atoms with E-state index in [4.69, 9.17) is 4.74 Å². The maximum atomic E-state index is 12.9. The predicted molar refractivity (Wildman–Crippen MR) is 100 cm³/mol. The Morgan fingerprint density at radius 3 is 2.31 bits per heavy atom. The quantitative estimate of drug-likeness (QED) is 0.676. The van der Waals surface area contributed by atoms with Crippen molar-refractivity contribution in [3.05, 3.63) is 78.4 Å². The molecule has 1 N–H and O–H groups in total. The van der Waals surface area contributed by atoms with Crippen LogP contribution < -0.4 is 4.72 Å². The molecule has 3 aromatic rings. The first-order chi connectivity index (χ1) is 12.5. The SMILES string of the molecule is COC(=O)C[C@@H](NS(=O)(=O)c1ccc2ccccc2c1)c1ccccc1. The molecule has 0 fully saturated rings. The molecule has 3 rings (SSSR count). The Morgan fingerprint density at radius 2 is 1.62 bits per heavy atom. The van der Waals surface area contributed by atoms with E-state index in [-0.39, 0.29) is 11.3 Å². The van der Waals surface area contributed by atoms with Crippen LogP contribution in [0.5, 0.6) is 0 Å². The highest BCUT2D eigenvalue weighted by Crippen LogP contribution is 2.23. The summed E-state index contributed by atoms with van der Waals surface area (Å²) in [4.78, 5) is 11.9. The normalized spacial score (nSPS) is 12.7. The summed E-state index contributed by atoms with van der Waals surface area (Å²) < 4.78 is 33.1. The van der Waals surface area contributed by atoms with Crippen LogP contribution in [0, 0.1) is 0 Å². The van der Waals surface area contributed by atoms with Gasteiger partial charge in [-0.05, 0) is 28.5 Å². The lowest BCUT2D eigenvalue weighted by atomic mass is 10.1. The number of rotatable bonds is 6. The number of benzene rings is 3. The van der Waals surface area contributed by atoms with E-state index in [1.54, 1.807) is 42.5 Å². The van der Waals surface area contributed by atoms with Gasteiger partial charge in [0, 0.05) is 0 Å². The molecular formula is C20H19NO4S. The van der Waals surface area contributed by atoms with Crippen LogP contribution in [0.4, 0.5) is 0 Å². The summed E-state index contributed by atoms with van der Waals surface area (Å²) in [5.74, 6) is -0.486. The Morgan fingerprint density at radius 1 is 0.962 bits per heavy atom. The van der Waals surface area contributed by atoms with Crippen LogP contribution in [0.2, 0.25) is 0 Å². The zero-order valence-electron chi connectivity index (χ0n) is 14.3. The minimum absolute atomic E-state index is 0.0900. The molecule has 0 unspecified atom stereocenters. The van der Waals surface area contributed by atoms with Gasteiger partial charge in [0.25, 0.3) is 0 Å². The van der Waals surface area contributed by atoms with E-state index in [1.165, 1.54) is 7.11 Å². The molecule has 0 heterocycles. The molecule has 26 heavy (non-hydrogen) atoms. The van der Waals surface area contributed by atoms with Gasteiger partial charge in [0.2, 0.25) is 10.0 Å². The number of ether oxygens (including phenoxy) is 1. The molecule has 0 spiro atoms. The maximum Gasteiger partial charge on any atom is 0.307 e. The Balaban J connectivity index is 1.94. The van der Waals surface area contributed by atoms with E-state index < -0.39 is 22.0 Å². The zero-order chi connectivity index (χ0) is 18.6. The summed E-state index contributed by atoms with van der Waals surface area (Å²) >= 11 is 0. The predicted octanol–water partition coefficient (Wildman–Crippen LogP) is 3.42. The monoisotopic (exact) mass is 369 g/mol. The molecule has 6 heteroatoms. The molecule has 0 saturated carbocycles. The summed E-state index contributed by atoms with van der Waals surface area (Å²) in [5.41, 5.74) is 0.697.